The summed E-state index contributed by atoms with van der Waals surface area (Å²) in [6.07, 6.45) is 50.3. The second-order valence-corrected chi connectivity index (χ2v) is 16.8. The van der Waals surface area contributed by atoms with E-state index < -0.39 is 0 Å². The lowest BCUT2D eigenvalue weighted by molar-refractivity contribution is 0.225. The summed E-state index contributed by atoms with van der Waals surface area (Å²) in [7, 11) is 0. The van der Waals surface area contributed by atoms with E-state index in [0.717, 1.165) is 24.2 Å². The molecule has 2 fully saturated rings. The second-order valence-electron chi connectivity index (χ2n) is 16.8. The number of fused-ring (bicyclic) bond motifs is 4. The van der Waals surface area contributed by atoms with Gasteiger partial charge in [0.15, 0.2) is 0 Å². The highest BCUT2D eigenvalue weighted by molar-refractivity contribution is 5.60. The van der Waals surface area contributed by atoms with E-state index in [1.165, 1.54) is 83.5 Å². The minimum Gasteiger partial charge on any atom is -0.360 e. The van der Waals surface area contributed by atoms with Crippen molar-refractivity contribution in [2.75, 3.05) is 0 Å². The third-order valence-corrected chi connectivity index (χ3v) is 14.1. The highest BCUT2D eigenvalue weighted by Gasteiger charge is 2.49. The van der Waals surface area contributed by atoms with E-state index >= 15 is 0 Å². The zero-order valence-electron chi connectivity index (χ0n) is 29.0. The van der Waals surface area contributed by atoms with E-state index in [0.29, 0.717) is 30.1 Å². The van der Waals surface area contributed by atoms with Gasteiger partial charge in [0, 0.05) is 29.1 Å². The standard InChI is InChI=1S/C45H56N2/c1-45(2)39-15-8-6-13-36(39)37-28-27-35(29-40(37)45)47-42-17-9-7-14-38(42)44-41(16-10-18-43(44)47)46-34-25-23-33(24-26-34)32-21-19-31(20-22-32)30-11-4-3-5-12-30/h3-4,7,9-11,14,16,18,23,25,27-28,31-35,41-42,44,46H,5-6,8,12-13,15,17,19-22,24,26,29H2,1-2H3. The lowest BCUT2D eigenvalue weighted by atomic mass is 9.70. The molecule has 47 heavy (non-hydrogen) atoms. The van der Waals surface area contributed by atoms with E-state index in [1.54, 1.807) is 39.1 Å². The van der Waals surface area contributed by atoms with Crippen LogP contribution in [0.3, 0.4) is 0 Å². The predicted octanol–water partition coefficient (Wildman–Crippen LogP) is 10.5. The molecule has 2 heteroatoms. The molecule has 0 bridgehead atoms. The molecule has 1 saturated carbocycles. The zero-order chi connectivity index (χ0) is 31.5. The first-order valence-corrected chi connectivity index (χ1v) is 19.5. The molecule has 1 saturated heterocycles. The van der Waals surface area contributed by atoms with Crippen molar-refractivity contribution < 1.29 is 0 Å². The largest absolute Gasteiger partial charge is 0.360 e. The summed E-state index contributed by atoms with van der Waals surface area (Å²) in [4.78, 5) is 2.86. The number of nitrogens with one attached hydrogen (secondary N) is 1. The quantitative estimate of drug-likeness (QED) is 0.306. The van der Waals surface area contributed by atoms with Gasteiger partial charge in [-0.25, -0.2) is 0 Å². The number of allylic oxidation sites excluding steroid dienone is 13. The van der Waals surface area contributed by atoms with E-state index in [-0.39, 0.29) is 5.41 Å². The number of nitrogens with zero attached hydrogens (tertiary/aromatic N) is 1. The van der Waals surface area contributed by atoms with E-state index in [1.807, 2.05) is 0 Å². The molecular formula is C45H56N2. The highest BCUT2D eigenvalue weighted by Crippen LogP contribution is 2.56. The van der Waals surface area contributed by atoms with E-state index in [2.05, 4.69) is 103 Å². The van der Waals surface area contributed by atoms with Crippen LogP contribution in [0.15, 0.2) is 118 Å². The van der Waals surface area contributed by atoms with Crippen LogP contribution >= 0.6 is 0 Å². The Morgan fingerprint density at radius 1 is 0.787 bits per heavy atom. The van der Waals surface area contributed by atoms with Crippen LogP contribution in [0, 0.1) is 29.1 Å². The van der Waals surface area contributed by atoms with Crippen LogP contribution in [0.4, 0.5) is 0 Å². The van der Waals surface area contributed by atoms with Crippen molar-refractivity contribution in [3.05, 3.63) is 118 Å². The van der Waals surface area contributed by atoms with Crippen LogP contribution < -0.4 is 5.32 Å². The summed E-state index contributed by atoms with van der Waals surface area (Å²) in [5.41, 5.74) is 11.9. The lowest BCUT2D eigenvalue weighted by Crippen LogP contribution is -2.44. The van der Waals surface area contributed by atoms with E-state index in [4.69, 9.17) is 0 Å². The molecule has 9 rings (SSSR count). The lowest BCUT2D eigenvalue weighted by Gasteiger charge is -2.40. The maximum Gasteiger partial charge on any atom is 0.0550 e. The molecule has 246 valence electrons. The molecule has 6 atom stereocenters. The average Bonchev–Trinajstić information content (AvgIpc) is 3.58. The number of likely N-dealkylation sites (tertiary alicyclic amines) is 1. The molecular weight excluding hydrogens is 569 g/mol. The minimum absolute atomic E-state index is 0.221. The summed E-state index contributed by atoms with van der Waals surface area (Å²) in [6, 6.07) is 1.75. The fourth-order valence-electron chi connectivity index (χ4n) is 11.6. The third-order valence-electron chi connectivity index (χ3n) is 14.1. The molecule has 0 aromatic heterocycles. The Bertz CT molecular complexity index is 1590. The van der Waals surface area contributed by atoms with Crippen LogP contribution in [0.1, 0.15) is 104 Å². The van der Waals surface area contributed by atoms with Gasteiger partial charge in [-0.1, -0.05) is 103 Å². The average molecular weight is 625 g/mol. The summed E-state index contributed by atoms with van der Waals surface area (Å²) >= 11 is 0. The van der Waals surface area contributed by atoms with Gasteiger partial charge in [-0.15, -0.1) is 0 Å². The maximum atomic E-state index is 4.19. The van der Waals surface area contributed by atoms with Gasteiger partial charge in [0.2, 0.25) is 0 Å². The Labute approximate surface area is 284 Å². The first-order chi connectivity index (χ1) is 23.1. The van der Waals surface area contributed by atoms with Crippen molar-refractivity contribution in [1.29, 1.82) is 0 Å². The first kappa shape index (κ1) is 30.2. The van der Waals surface area contributed by atoms with E-state index in [9.17, 15) is 0 Å². The SMILES string of the molecule is CC1(C)C2=C(C=CC(N3C4=CC=CC(NC5C=CC(C6CCC(C7=CC=CCC7)CC6)CC5)C4C4=CC=CCC43)C2)C2=C1CCCC2. The summed E-state index contributed by atoms with van der Waals surface area (Å²) in [6.45, 7) is 5.05. The molecule has 6 unspecified atom stereocenters. The Morgan fingerprint density at radius 3 is 2.49 bits per heavy atom. The minimum atomic E-state index is 0.221. The van der Waals surface area contributed by atoms with Gasteiger partial charge in [-0.3, -0.25) is 0 Å². The fourth-order valence-corrected chi connectivity index (χ4v) is 11.6. The summed E-state index contributed by atoms with van der Waals surface area (Å²) < 4.78 is 0. The Hall–Kier alpha value is -2.84. The zero-order valence-corrected chi connectivity index (χ0v) is 29.0. The van der Waals surface area contributed by atoms with Crippen molar-refractivity contribution in [3.63, 3.8) is 0 Å². The van der Waals surface area contributed by atoms with Gasteiger partial charge in [0.25, 0.3) is 0 Å². The smallest absolute Gasteiger partial charge is 0.0550 e. The number of hydrogen-bond acceptors (Lipinski definition) is 2. The van der Waals surface area contributed by atoms with Crippen molar-refractivity contribution in [1.82, 2.24) is 10.2 Å². The van der Waals surface area contributed by atoms with Gasteiger partial charge in [0.1, 0.15) is 0 Å². The topological polar surface area (TPSA) is 15.3 Å². The third kappa shape index (κ3) is 5.24. The van der Waals surface area contributed by atoms with Crippen LogP contribution in [-0.4, -0.2) is 29.1 Å². The van der Waals surface area contributed by atoms with Gasteiger partial charge in [-0.05, 0) is 130 Å². The monoisotopic (exact) mass is 624 g/mol. The normalized spacial score (nSPS) is 38.5. The van der Waals surface area contributed by atoms with Crippen LogP contribution in [0.5, 0.6) is 0 Å². The maximum absolute atomic E-state index is 4.19. The van der Waals surface area contributed by atoms with Crippen molar-refractivity contribution in [2.24, 2.45) is 29.1 Å². The van der Waals surface area contributed by atoms with Crippen LogP contribution in [0.25, 0.3) is 0 Å². The molecule has 8 aliphatic carbocycles. The Kier molecular flexibility index (Phi) is 7.88. The predicted molar refractivity (Wildman–Crippen MR) is 197 cm³/mol. The summed E-state index contributed by atoms with van der Waals surface area (Å²) in [5, 5.41) is 4.19. The van der Waals surface area contributed by atoms with Crippen molar-refractivity contribution in [2.45, 2.75) is 128 Å². The van der Waals surface area contributed by atoms with Gasteiger partial charge in [-0.2, -0.15) is 0 Å². The number of hydrogen-bond donors (Lipinski definition) is 1. The van der Waals surface area contributed by atoms with Gasteiger partial charge < -0.3 is 10.2 Å². The van der Waals surface area contributed by atoms with Crippen LogP contribution in [0.2, 0.25) is 0 Å². The second kappa shape index (κ2) is 12.2. The van der Waals surface area contributed by atoms with Gasteiger partial charge >= 0.3 is 0 Å². The molecule has 1 N–H and O–H groups in total. The Balaban J connectivity index is 0.881. The van der Waals surface area contributed by atoms with Crippen molar-refractivity contribution >= 4 is 0 Å². The molecule has 0 aromatic rings. The van der Waals surface area contributed by atoms with Crippen LogP contribution in [-0.2, 0) is 0 Å². The molecule has 0 aromatic carbocycles. The molecule has 0 spiro atoms. The number of rotatable bonds is 5. The fraction of sp³-hybridized carbons (Fsp3) is 0.556. The van der Waals surface area contributed by atoms with Gasteiger partial charge in [0.05, 0.1) is 12.1 Å². The molecule has 0 radical (unpaired) electrons. The Morgan fingerprint density at radius 2 is 1.66 bits per heavy atom. The summed E-state index contributed by atoms with van der Waals surface area (Å²) in [5.74, 6) is 2.96. The molecule has 9 aliphatic rings. The molecule has 1 aliphatic heterocycles. The molecule has 2 nitrogen and oxygen atoms in total. The van der Waals surface area contributed by atoms with Crippen molar-refractivity contribution in [3.8, 4) is 0 Å². The highest BCUT2D eigenvalue weighted by atomic mass is 15.2. The molecule has 0 amide bonds. The molecule has 1 heterocycles. The first-order valence-electron chi connectivity index (χ1n) is 19.5.